The zero-order valence-electron chi connectivity index (χ0n) is 21.3. The van der Waals surface area contributed by atoms with Gasteiger partial charge in [-0.05, 0) is 46.7 Å². The van der Waals surface area contributed by atoms with Crippen molar-refractivity contribution in [1.82, 2.24) is 0 Å². The van der Waals surface area contributed by atoms with E-state index in [1.54, 1.807) is 30.3 Å². The van der Waals surface area contributed by atoms with Crippen molar-refractivity contribution in [2.45, 2.75) is 13.0 Å². The van der Waals surface area contributed by atoms with Crippen molar-refractivity contribution in [3.63, 3.8) is 0 Å². The van der Waals surface area contributed by atoms with Gasteiger partial charge in [-0.3, -0.25) is 19.3 Å². The molecule has 1 saturated heterocycles. The maximum atomic E-state index is 13.6. The number of nitrogens with zero attached hydrogens (tertiary/aromatic N) is 2. The summed E-state index contributed by atoms with van der Waals surface area (Å²) >= 11 is 0. The molecule has 190 valence electrons. The first-order valence-corrected chi connectivity index (χ1v) is 12.2. The molecule has 7 heteroatoms. The van der Waals surface area contributed by atoms with Gasteiger partial charge in [0.25, 0.3) is 11.7 Å². The fraction of sp³-hybridized carbons (Fsp3) is 0.129. The van der Waals surface area contributed by atoms with Gasteiger partial charge in [0.15, 0.2) is 0 Å². The van der Waals surface area contributed by atoms with E-state index in [0.717, 1.165) is 16.5 Å². The first kappa shape index (κ1) is 24.8. The minimum absolute atomic E-state index is 0.00823. The van der Waals surface area contributed by atoms with Crippen molar-refractivity contribution in [2.24, 2.45) is 0 Å². The van der Waals surface area contributed by atoms with Crippen LogP contribution in [0, 0.1) is 0 Å². The summed E-state index contributed by atoms with van der Waals surface area (Å²) < 4.78 is 0. The van der Waals surface area contributed by atoms with Crippen molar-refractivity contribution in [2.75, 3.05) is 29.2 Å². The standard InChI is InChI=1S/C31H27N3O4/c1-19(35)32-22-10-7-11-24(18-22)34-28(21-14-16-23(17-15-21)33(2)3)27(30(37)31(34)38)29(36)26-13-6-9-20-8-4-5-12-25(20)26/h4-18,28,36H,1-3H3,(H,32,35)/b29-27-. The second kappa shape index (κ2) is 9.86. The Hall–Kier alpha value is -4.91. The van der Waals surface area contributed by atoms with Crippen LogP contribution in [0.25, 0.3) is 16.5 Å². The van der Waals surface area contributed by atoms with Crippen molar-refractivity contribution < 1.29 is 19.5 Å². The molecule has 7 nitrogen and oxygen atoms in total. The van der Waals surface area contributed by atoms with E-state index in [4.69, 9.17) is 0 Å². The number of benzene rings is 4. The molecule has 1 aliphatic rings. The first-order chi connectivity index (χ1) is 18.3. The number of rotatable bonds is 5. The van der Waals surface area contributed by atoms with Crippen LogP contribution in [0.15, 0.2) is 96.6 Å². The monoisotopic (exact) mass is 505 g/mol. The zero-order valence-corrected chi connectivity index (χ0v) is 21.3. The summed E-state index contributed by atoms with van der Waals surface area (Å²) in [5, 5.41) is 16.0. The molecule has 1 unspecified atom stereocenters. The van der Waals surface area contributed by atoms with Gasteiger partial charge in [0, 0.05) is 43.6 Å². The van der Waals surface area contributed by atoms with Crippen LogP contribution in [-0.4, -0.2) is 36.8 Å². The van der Waals surface area contributed by atoms with Gasteiger partial charge in [0.1, 0.15) is 5.76 Å². The van der Waals surface area contributed by atoms with Gasteiger partial charge in [-0.25, -0.2) is 0 Å². The lowest BCUT2D eigenvalue weighted by molar-refractivity contribution is -0.132. The number of Topliss-reactive ketones (excluding diaryl/α,β-unsaturated/α-hetero) is 1. The molecule has 0 bridgehead atoms. The van der Waals surface area contributed by atoms with Gasteiger partial charge in [0.2, 0.25) is 5.91 Å². The summed E-state index contributed by atoms with van der Waals surface area (Å²) in [6.45, 7) is 1.40. The number of anilines is 3. The maximum absolute atomic E-state index is 13.6. The lowest BCUT2D eigenvalue weighted by atomic mass is 9.93. The van der Waals surface area contributed by atoms with E-state index < -0.39 is 17.7 Å². The summed E-state index contributed by atoms with van der Waals surface area (Å²) in [4.78, 5) is 42.1. The van der Waals surface area contributed by atoms with Crippen molar-refractivity contribution in [1.29, 1.82) is 0 Å². The molecule has 4 aromatic carbocycles. The minimum Gasteiger partial charge on any atom is -0.507 e. The average Bonchev–Trinajstić information content (AvgIpc) is 3.18. The van der Waals surface area contributed by atoms with E-state index in [2.05, 4.69) is 5.32 Å². The predicted molar refractivity (Wildman–Crippen MR) is 150 cm³/mol. The van der Waals surface area contributed by atoms with E-state index in [1.807, 2.05) is 79.7 Å². The third-order valence-electron chi connectivity index (χ3n) is 6.66. The number of ketones is 1. The molecule has 1 aliphatic heterocycles. The van der Waals surface area contributed by atoms with Crippen LogP contribution in [0.3, 0.4) is 0 Å². The quantitative estimate of drug-likeness (QED) is 0.213. The molecule has 0 spiro atoms. The molecule has 0 aromatic heterocycles. The summed E-state index contributed by atoms with van der Waals surface area (Å²) in [6, 6.07) is 26.4. The highest BCUT2D eigenvalue weighted by molar-refractivity contribution is 6.51. The Labute approximate surface area is 220 Å². The molecule has 1 fully saturated rings. The van der Waals surface area contributed by atoms with E-state index in [9.17, 15) is 19.5 Å². The summed E-state index contributed by atoms with van der Waals surface area (Å²) in [6.07, 6.45) is 0. The third-order valence-corrected chi connectivity index (χ3v) is 6.66. The Morgan fingerprint density at radius 3 is 2.29 bits per heavy atom. The lowest BCUT2D eigenvalue weighted by Crippen LogP contribution is -2.29. The molecule has 4 aromatic rings. The molecule has 38 heavy (non-hydrogen) atoms. The predicted octanol–water partition coefficient (Wildman–Crippen LogP) is 5.49. The largest absolute Gasteiger partial charge is 0.507 e. The molecule has 1 atom stereocenters. The molecule has 5 rings (SSSR count). The summed E-state index contributed by atoms with van der Waals surface area (Å²) in [7, 11) is 3.85. The van der Waals surface area contributed by atoms with Crippen molar-refractivity contribution in [3.05, 3.63) is 108 Å². The van der Waals surface area contributed by atoms with E-state index in [0.29, 0.717) is 22.5 Å². The number of hydrogen-bond acceptors (Lipinski definition) is 5. The summed E-state index contributed by atoms with van der Waals surface area (Å²) in [5.74, 6) is -2.02. The Balaban J connectivity index is 1.73. The highest BCUT2D eigenvalue weighted by Crippen LogP contribution is 2.43. The van der Waals surface area contributed by atoms with Crippen LogP contribution in [0.5, 0.6) is 0 Å². The fourth-order valence-corrected chi connectivity index (χ4v) is 4.88. The maximum Gasteiger partial charge on any atom is 0.300 e. The van der Waals surface area contributed by atoms with Crippen molar-refractivity contribution in [3.8, 4) is 0 Å². The fourth-order valence-electron chi connectivity index (χ4n) is 4.88. The van der Waals surface area contributed by atoms with Gasteiger partial charge < -0.3 is 15.3 Å². The van der Waals surface area contributed by atoms with E-state index >= 15 is 0 Å². The summed E-state index contributed by atoms with van der Waals surface area (Å²) in [5.41, 5.74) is 3.02. The van der Waals surface area contributed by atoms with Crippen LogP contribution >= 0.6 is 0 Å². The second-order valence-corrected chi connectivity index (χ2v) is 9.41. The van der Waals surface area contributed by atoms with E-state index in [-0.39, 0.29) is 17.2 Å². The number of fused-ring (bicyclic) bond motifs is 1. The second-order valence-electron chi connectivity index (χ2n) is 9.41. The minimum atomic E-state index is -0.877. The number of amides is 2. The molecule has 1 heterocycles. The normalized spacial score (nSPS) is 16.6. The molecule has 0 aliphatic carbocycles. The first-order valence-electron chi connectivity index (χ1n) is 12.2. The van der Waals surface area contributed by atoms with E-state index in [1.165, 1.54) is 11.8 Å². The van der Waals surface area contributed by atoms with Crippen LogP contribution in [0.1, 0.15) is 24.1 Å². The SMILES string of the molecule is CC(=O)Nc1cccc(N2C(=O)C(=O)/C(=C(\O)c3cccc4ccccc34)C2c2ccc(N(C)C)cc2)c1. The zero-order chi connectivity index (χ0) is 27.0. The molecule has 0 saturated carbocycles. The van der Waals surface area contributed by atoms with Crippen LogP contribution in [0.4, 0.5) is 17.1 Å². The topological polar surface area (TPSA) is 90.0 Å². The van der Waals surface area contributed by atoms with Crippen LogP contribution in [-0.2, 0) is 14.4 Å². The number of nitrogens with one attached hydrogen (secondary N) is 1. The van der Waals surface area contributed by atoms with Gasteiger partial charge in [-0.1, -0.05) is 60.7 Å². The number of carbonyl (C=O) groups excluding carboxylic acids is 3. The Bertz CT molecular complexity index is 1600. The lowest BCUT2D eigenvalue weighted by Gasteiger charge is -2.26. The number of aliphatic hydroxyl groups excluding tert-OH is 1. The Morgan fingerprint density at radius 1 is 0.895 bits per heavy atom. The highest BCUT2D eigenvalue weighted by Gasteiger charge is 2.47. The van der Waals surface area contributed by atoms with Gasteiger partial charge in [-0.15, -0.1) is 0 Å². The third kappa shape index (κ3) is 4.39. The average molecular weight is 506 g/mol. The van der Waals surface area contributed by atoms with Gasteiger partial charge in [-0.2, -0.15) is 0 Å². The van der Waals surface area contributed by atoms with Crippen LogP contribution < -0.4 is 15.1 Å². The number of hydrogen-bond donors (Lipinski definition) is 2. The van der Waals surface area contributed by atoms with Gasteiger partial charge >= 0.3 is 0 Å². The Kier molecular flexibility index (Phi) is 6.43. The Morgan fingerprint density at radius 2 is 1.58 bits per heavy atom. The highest BCUT2D eigenvalue weighted by atomic mass is 16.3. The molecule has 0 radical (unpaired) electrons. The van der Waals surface area contributed by atoms with Crippen LogP contribution in [0.2, 0.25) is 0 Å². The molecule has 2 N–H and O–H groups in total. The number of aliphatic hydroxyl groups is 1. The molecular weight excluding hydrogens is 478 g/mol. The van der Waals surface area contributed by atoms with Crippen molar-refractivity contribution >= 4 is 51.2 Å². The number of carbonyl (C=O) groups is 3. The smallest absolute Gasteiger partial charge is 0.300 e. The molecule has 2 amide bonds. The van der Waals surface area contributed by atoms with Gasteiger partial charge in [0.05, 0.1) is 11.6 Å². The molecular formula is C31H27N3O4.